The Balaban J connectivity index is 1.71. The van der Waals surface area contributed by atoms with Gasteiger partial charge in [-0.05, 0) is 24.3 Å². The first-order valence-corrected chi connectivity index (χ1v) is 6.15. The van der Waals surface area contributed by atoms with Crippen molar-refractivity contribution >= 4 is 11.6 Å². The van der Waals surface area contributed by atoms with Gasteiger partial charge in [-0.1, -0.05) is 5.21 Å². The molecule has 2 rings (SSSR count). The molecule has 0 N–H and O–H groups in total. The van der Waals surface area contributed by atoms with Crippen LogP contribution in [-0.4, -0.2) is 21.6 Å². The predicted octanol–water partition coefficient (Wildman–Crippen LogP) is 2.63. The van der Waals surface area contributed by atoms with Crippen LogP contribution >= 0.6 is 11.6 Å². The molecule has 0 radical (unpaired) electrons. The van der Waals surface area contributed by atoms with Gasteiger partial charge in [0, 0.05) is 19.2 Å². The van der Waals surface area contributed by atoms with Gasteiger partial charge in [0.15, 0.2) is 0 Å². The van der Waals surface area contributed by atoms with Crippen LogP contribution in [0.5, 0.6) is 5.75 Å². The first kappa shape index (κ1) is 12.8. The summed E-state index contributed by atoms with van der Waals surface area (Å²) in [7, 11) is 0. The number of benzene rings is 1. The number of hydrogen-bond donors (Lipinski definition) is 0. The number of alkyl halides is 1. The average Bonchev–Trinajstić information content (AvgIpc) is 2.85. The van der Waals surface area contributed by atoms with Crippen LogP contribution in [0.15, 0.2) is 30.5 Å². The summed E-state index contributed by atoms with van der Waals surface area (Å²) in [6.45, 7) is 1.26. The van der Waals surface area contributed by atoms with Crippen molar-refractivity contribution in [1.82, 2.24) is 15.0 Å². The highest BCUT2D eigenvalue weighted by molar-refractivity contribution is 6.16. The molecule has 0 aliphatic carbocycles. The monoisotopic (exact) mass is 269 g/mol. The average molecular weight is 270 g/mol. The van der Waals surface area contributed by atoms with Gasteiger partial charge in [-0.3, -0.25) is 4.68 Å². The van der Waals surface area contributed by atoms with Gasteiger partial charge in [0.2, 0.25) is 0 Å². The first-order chi connectivity index (χ1) is 8.78. The van der Waals surface area contributed by atoms with Crippen molar-refractivity contribution in [3.05, 3.63) is 42.0 Å². The summed E-state index contributed by atoms with van der Waals surface area (Å²) in [4.78, 5) is 0. The fourth-order valence-corrected chi connectivity index (χ4v) is 1.58. The molecule has 0 saturated heterocycles. The van der Waals surface area contributed by atoms with E-state index in [1.54, 1.807) is 16.8 Å². The molecule has 0 aliphatic rings. The van der Waals surface area contributed by atoms with Crippen LogP contribution in [0.1, 0.15) is 12.1 Å². The summed E-state index contributed by atoms with van der Waals surface area (Å²) >= 11 is 5.62. The van der Waals surface area contributed by atoms with Crippen molar-refractivity contribution in [3.63, 3.8) is 0 Å². The van der Waals surface area contributed by atoms with Gasteiger partial charge < -0.3 is 4.74 Å². The molecular formula is C12H13ClFN3O. The van der Waals surface area contributed by atoms with E-state index in [0.717, 1.165) is 12.1 Å². The number of ether oxygens (including phenoxy) is 1. The Morgan fingerprint density at radius 2 is 2.06 bits per heavy atom. The van der Waals surface area contributed by atoms with Gasteiger partial charge in [0.25, 0.3) is 0 Å². The van der Waals surface area contributed by atoms with E-state index in [1.165, 1.54) is 12.1 Å². The van der Waals surface area contributed by atoms with E-state index in [9.17, 15) is 4.39 Å². The first-order valence-electron chi connectivity index (χ1n) is 5.61. The van der Waals surface area contributed by atoms with Crippen LogP contribution in [0.3, 0.4) is 0 Å². The molecule has 18 heavy (non-hydrogen) atoms. The molecule has 1 aromatic heterocycles. The molecule has 6 heteroatoms. The zero-order valence-corrected chi connectivity index (χ0v) is 10.5. The van der Waals surface area contributed by atoms with Crippen LogP contribution in [0.4, 0.5) is 4.39 Å². The van der Waals surface area contributed by atoms with Gasteiger partial charge in [0.1, 0.15) is 11.6 Å². The maximum atomic E-state index is 12.6. The van der Waals surface area contributed by atoms with E-state index in [2.05, 4.69) is 10.3 Å². The molecular weight excluding hydrogens is 257 g/mol. The van der Waals surface area contributed by atoms with Crippen LogP contribution in [0.2, 0.25) is 0 Å². The number of aromatic nitrogens is 3. The molecule has 0 unspecified atom stereocenters. The quantitative estimate of drug-likeness (QED) is 0.598. The largest absolute Gasteiger partial charge is 0.494 e. The molecule has 0 saturated carbocycles. The zero-order chi connectivity index (χ0) is 12.8. The van der Waals surface area contributed by atoms with Crippen molar-refractivity contribution in [1.29, 1.82) is 0 Å². The summed E-state index contributed by atoms with van der Waals surface area (Å²) in [6.07, 6.45) is 2.60. The third kappa shape index (κ3) is 3.70. The highest BCUT2D eigenvalue weighted by atomic mass is 35.5. The Labute approximate surface area is 109 Å². The minimum Gasteiger partial charge on any atom is -0.494 e. The molecule has 2 aromatic rings. The molecule has 0 amide bonds. The predicted molar refractivity (Wildman–Crippen MR) is 66.1 cm³/mol. The summed E-state index contributed by atoms with van der Waals surface area (Å²) in [5.74, 6) is 0.765. The van der Waals surface area contributed by atoms with E-state index < -0.39 is 0 Å². The Bertz CT molecular complexity index is 486. The molecule has 0 atom stereocenters. The highest BCUT2D eigenvalue weighted by Crippen LogP contribution is 2.11. The lowest BCUT2D eigenvalue weighted by Crippen LogP contribution is -2.05. The van der Waals surface area contributed by atoms with Gasteiger partial charge in [-0.25, -0.2) is 4.39 Å². The second-order valence-electron chi connectivity index (χ2n) is 3.76. The number of halogens is 2. The highest BCUT2D eigenvalue weighted by Gasteiger charge is 1.99. The van der Waals surface area contributed by atoms with Crippen LogP contribution < -0.4 is 4.74 Å². The molecule has 1 aromatic carbocycles. The van der Waals surface area contributed by atoms with E-state index in [1.807, 2.05) is 6.20 Å². The van der Waals surface area contributed by atoms with E-state index in [0.29, 0.717) is 24.8 Å². The maximum Gasteiger partial charge on any atom is 0.123 e. The van der Waals surface area contributed by atoms with Crippen LogP contribution in [0.25, 0.3) is 0 Å². The molecule has 96 valence electrons. The number of rotatable bonds is 6. The van der Waals surface area contributed by atoms with Gasteiger partial charge in [0.05, 0.1) is 18.2 Å². The van der Waals surface area contributed by atoms with Gasteiger partial charge in [-0.15, -0.1) is 16.7 Å². The lowest BCUT2D eigenvalue weighted by atomic mass is 10.3. The van der Waals surface area contributed by atoms with Crippen molar-refractivity contribution in [3.8, 4) is 5.75 Å². The molecule has 4 nitrogen and oxygen atoms in total. The van der Waals surface area contributed by atoms with Crippen LogP contribution in [0, 0.1) is 5.82 Å². The maximum absolute atomic E-state index is 12.6. The Kier molecular flexibility index (Phi) is 4.52. The van der Waals surface area contributed by atoms with Crippen LogP contribution in [-0.2, 0) is 12.4 Å². The molecule has 1 heterocycles. The Morgan fingerprint density at radius 3 is 2.72 bits per heavy atom. The van der Waals surface area contributed by atoms with E-state index in [-0.39, 0.29) is 5.82 Å². The van der Waals surface area contributed by atoms with Gasteiger partial charge in [-0.2, -0.15) is 0 Å². The number of aryl methyl sites for hydroxylation is 1. The number of hydrogen-bond acceptors (Lipinski definition) is 3. The Hall–Kier alpha value is -1.62. The standard InChI is InChI=1S/C12H13ClFN3O/c13-8-11-9-17(16-15-11)6-1-7-18-12-4-2-10(14)3-5-12/h2-5,9H,1,6-8H2. The SMILES string of the molecule is Fc1ccc(OCCCn2cc(CCl)nn2)cc1. The van der Waals surface area contributed by atoms with Crippen molar-refractivity contribution in [2.75, 3.05) is 6.61 Å². The normalized spacial score (nSPS) is 10.6. The molecule has 0 spiro atoms. The summed E-state index contributed by atoms with van der Waals surface area (Å²) in [6, 6.07) is 5.96. The minimum absolute atomic E-state index is 0.265. The van der Waals surface area contributed by atoms with E-state index >= 15 is 0 Å². The molecule has 0 aliphatic heterocycles. The topological polar surface area (TPSA) is 39.9 Å². The fourth-order valence-electron chi connectivity index (χ4n) is 1.46. The lowest BCUT2D eigenvalue weighted by Gasteiger charge is -2.05. The second kappa shape index (κ2) is 6.35. The van der Waals surface area contributed by atoms with E-state index in [4.69, 9.17) is 16.3 Å². The Morgan fingerprint density at radius 1 is 1.28 bits per heavy atom. The minimum atomic E-state index is -0.265. The molecule has 0 bridgehead atoms. The number of nitrogens with zero attached hydrogens (tertiary/aromatic N) is 3. The lowest BCUT2D eigenvalue weighted by molar-refractivity contribution is 0.297. The second-order valence-corrected chi connectivity index (χ2v) is 4.03. The van der Waals surface area contributed by atoms with Crippen molar-refractivity contribution < 1.29 is 9.13 Å². The summed E-state index contributed by atoms with van der Waals surface area (Å²) in [5.41, 5.74) is 0.760. The van der Waals surface area contributed by atoms with Gasteiger partial charge >= 0.3 is 0 Å². The smallest absolute Gasteiger partial charge is 0.123 e. The summed E-state index contributed by atoms with van der Waals surface area (Å²) in [5, 5.41) is 7.80. The zero-order valence-electron chi connectivity index (χ0n) is 9.72. The third-order valence-electron chi connectivity index (χ3n) is 2.34. The fraction of sp³-hybridized carbons (Fsp3) is 0.333. The molecule has 0 fully saturated rings. The van der Waals surface area contributed by atoms with Crippen molar-refractivity contribution in [2.24, 2.45) is 0 Å². The third-order valence-corrected chi connectivity index (χ3v) is 2.61. The van der Waals surface area contributed by atoms with Crippen molar-refractivity contribution in [2.45, 2.75) is 18.8 Å². The summed E-state index contributed by atoms with van der Waals surface area (Å²) < 4.78 is 19.8.